The van der Waals surface area contributed by atoms with Gasteiger partial charge in [-0.15, -0.1) is 0 Å². The molecule has 2 aliphatic heterocycles. The van der Waals surface area contributed by atoms with E-state index in [0.717, 1.165) is 12.1 Å². The van der Waals surface area contributed by atoms with Gasteiger partial charge >= 0.3 is 0 Å². The molecule has 0 spiro atoms. The van der Waals surface area contributed by atoms with Crippen molar-refractivity contribution in [1.82, 2.24) is 5.32 Å². The van der Waals surface area contributed by atoms with E-state index in [1.165, 1.54) is 19.3 Å². The van der Waals surface area contributed by atoms with Gasteiger partial charge in [-0.25, -0.2) is 0 Å². The fraction of sp³-hybridized carbons (Fsp3) is 0.714. The van der Waals surface area contributed by atoms with Gasteiger partial charge in [0, 0.05) is 12.1 Å². The third kappa shape index (κ3) is 0.583. The van der Waals surface area contributed by atoms with Crippen molar-refractivity contribution in [3.05, 3.63) is 12.2 Å². The maximum Gasteiger partial charge on any atom is 0.0253 e. The Kier molecular flexibility index (Phi) is 0.908. The number of hydrogen-bond acceptors (Lipinski definition) is 1. The lowest BCUT2D eigenvalue weighted by Crippen LogP contribution is -2.30. The molecular formula is C7H11N. The van der Waals surface area contributed by atoms with E-state index in [0.29, 0.717) is 0 Å². The summed E-state index contributed by atoms with van der Waals surface area (Å²) in [6.45, 7) is 0. The Labute approximate surface area is 49.8 Å². The van der Waals surface area contributed by atoms with Crippen LogP contribution < -0.4 is 5.32 Å². The largest absolute Gasteiger partial charge is 0.307 e. The predicted molar refractivity (Wildman–Crippen MR) is 33.7 cm³/mol. The van der Waals surface area contributed by atoms with Crippen LogP contribution in [0.1, 0.15) is 19.3 Å². The lowest BCUT2D eigenvalue weighted by molar-refractivity contribution is 0.566. The molecule has 1 nitrogen and oxygen atoms in total. The van der Waals surface area contributed by atoms with E-state index in [2.05, 4.69) is 17.5 Å². The maximum atomic E-state index is 3.50. The third-order valence-corrected chi connectivity index (χ3v) is 2.06. The zero-order valence-corrected chi connectivity index (χ0v) is 4.93. The van der Waals surface area contributed by atoms with Crippen LogP contribution in [0.25, 0.3) is 0 Å². The van der Waals surface area contributed by atoms with Gasteiger partial charge in [-0.05, 0) is 19.3 Å². The summed E-state index contributed by atoms with van der Waals surface area (Å²) in [6, 6.07) is 1.55. The number of fused-ring (bicyclic) bond motifs is 2. The average Bonchev–Trinajstić information content (AvgIpc) is 2.12. The lowest BCUT2D eigenvalue weighted by Gasteiger charge is -2.13. The Morgan fingerprint density at radius 1 is 1.38 bits per heavy atom. The molecule has 1 saturated heterocycles. The molecule has 0 unspecified atom stereocenters. The second-order valence-electron chi connectivity index (χ2n) is 2.71. The van der Waals surface area contributed by atoms with Crippen LogP contribution in [0.2, 0.25) is 0 Å². The van der Waals surface area contributed by atoms with E-state index in [9.17, 15) is 0 Å². The molecule has 0 radical (unpaired) electrons. The molecule has 0 aromatic heterocycles. The molecule has 2 heterocycles. The number of hydrogen-bond donors (Lipinski definition) is 1. The molecule has 0 amide bonds. The van der Waals surface area contributed by atoms with Crippen molar-refractivity contribution >= 4 is 0 Å². The van der Waals surface area contributed by atoms with E-state index in [-0.39, 0.29) is 0 Å². The van der Waals surface area contributed by atoms with Crippen LogP contribution in [-0.2, 0) is 0 Å². The Balaban J connectivity index is 2.17. The van der Waals surface area contributed by atoms with Gasteiger partial charge in [0.25, 0.3) is 0 Å². The molecule has 2 rings (SSSR count). The highest BCUT2D eigenvalue weighted by Gasteiger charge is 2.23. The van der Waals surface area contributed by atoms with E-state index >= 15 is 0 Å². The minimum absolute atomic E-state index is 0.730. The second kappa shape index (κ2) is 1.59. The number of nitrogens with one attached hydrogen (secondary N) is 1. The topological polar surface area (TPSA) is 12.0 Å². The maximum absolute atomic E-state index is 3.50. The molecule has 2 aliphatic rings. The molecule has 1 N–H and O–H groups in total. The summed E-state index contributed by atoms with van der Waals surface area (Å²) in [5.41, 5.74) is 0. The Morgan fingerprint density at radius 2 is 2.38 bits per heavy atom. The Morgan fingerprint density at radius 3 is 3.12 bits per heavy atom. The minimum atomic E-state index is 0.730. The summed E-state index contributed by atoms with van der Waals surface area (Å²) >= 11 is 0. The summed E-state index contributed by atoms with van der Waals surface area (Å²) in [5.74, 6) is 0. The van der Waals surface area contributed by atoms with E-state index in [1.54, 1.807) is 0 Å². The molecule has 8 heavy (non-hydrogen) atoms. The van der Waals surface area contributed by atoms with Crippen LogP contribution in [0.15, 0.2) is 12.2 Å². The molecule has 1 heteroatoms. The monoisotopic (exact) mass is 109 g/mol. The Hall–Kier alpha value is -0.300. The van der Waals surface area contributed by atoms with E-state index in [1.807, 2.05) is 0 Å². The van der Waals surface area contributed by atoms with Gasteiger partial charge in [0.05, 0.1) is 0 Å². The van der Waals surface area contributed by atoms with Gasteiger partial charge in [-0.1, -0.05) is 12.2 Å². The van der Waals surface area contributed by atoms with Crippen molar-refractivity contribution < 1.29 is 0 Å². The van der Waals surface area contributed by atoms with Crippen molar-refractivity contribution in [3.8, 4) is 0 Å². The minimum Gasteiger partial charge on any atom is -0.307 e. The van der Waals surface area contributed by atoms with Crippen LogP contribution in [0.4, 0.5) is 0 Å². The van der Waals surface area contributed by atoms with Crippen molar-refractivity contribution in [2.75, 3.05) is 0 Å². The van der Waals surface area contributed by atoms with Gasteiger partial charge in [-0.2, -0.15) is 0 Å². The number of rotatable bonds is 0. The standard InChI is InChI=1S/C7H11N/c1-2-6-4-5-7(3-1)8-6/h1-2,6-8H,3-5H2/t6-,7+/m0/s1. The van der Waals surface area contributed by atoms with Crippen LogP contribution in [-0.4, -0.2) is 12.1 Å². The summed E-state index contributed by atoms with van der Waals surface area (Å²) in [7, 11) is 0. The normalized spacial score (nSPS) is 43.0. The van der Waals surface area contributed by atoms with Crippen LogP contribution in [0, 0.1) is 0 Å². The van der Waals surface area contributed by atoms with Crippen LogP contribution in [0.5, 0.6) is 0 Å². The predicted octanol–water partition coefficient (Wildman–Crippen LogP) is 1.07. The summed E-state index contributed by atoms with van der Waals surface area (Å²) < 4.78 is 0. The smallest absolute Gasteiger partial charge is 0.0253 e. The SMILES string of the molecule is C1=C[C@H]2CC[C@@H](C1)N2. The Bertz CT molecular complexity index is 118. The quantitative estimate of drug-likeness (QED) is 0.459. The highest BCUT2D eigenvalue weighted by Crippen LogP contribution is 2.20. The van der Waals surface area contributed by atoms with E-state index < -0.39 is 0 Å². The fourth-order valence-electron chi connectivity index (χ4n) is 1.59. The van der Waals surface area contributed by atoms with Crippen molar-refractivity contribution in [1.29, 1.82) is 0 Å². The molecule has 0 aliphatic carbocycles. The first kappa shape index (κ1) is 4.57. The van der Waals surface area contributed by atoms with E-state index in [4.69, 9.17) is 0 Å². The highest BCUT2D eigenvalue weighted by molar-refractivity contribution is 5.06. The van der Waals surface area contributed by atoms with Gasteiger partial charge in [0.2, 0.25) is 0 Å². The first-order valence-corrected chi connectivity index (χ1v) is 3.38. The zero-order chi connectivity index (χ0) is 5.40. The highest BCUT2D eigenvalue weighted by atomic mass is 15.0. The van der Waals surface area contributed by atoms with Gasteiger partial charge in [0.1, 0.15) is 0 Å². The van der Waals surface area contributed by atoms with Crippen LogP contribution >= 0.6 is 0 Å². The van der Waals surface area contributed by atoms with Gasteiger partial charge in [-0.3, -0.25) is 0 Å². The summed E-state index contributed by atoms with van der Waals surface area (Å²) in [6.07, 6.45) is 8.61. The van der Waals surface area contributed by atoms with Gasteiger partial charge in [0.15, 0.2) is 0 Å². The fourth-order valence-corrected chi connectivity index (χ4v) is 1.59. The third-order valence-electron chi connectivity index (χ3n) is 2.06. The molecular weight excluding hydrogens is 98.1 g/mol. The second-order valence-corrected chi connectivity index (χ2v) is 2.71. The van der Waals surface area contributed by atoms with Crippen molar-refractivity contribution in [2.24, 2.45) is 0 Å². The average molecular weight is 109 g/mol. The van der Waals surface area contributed by atoms with Crippen LogP contribution in [0.3, 0.4) is 0 Å². The first-order valence-electron chi connectivity index (χ1n) is 3.38. The molecule has 1 fully saturated rings. The van der Waals surface area contributed by atoms with Gasteiger partial charge < -0.3 is 5.32 Å². The first-order chi connectivity index (χ1) is 3.95. The molecule has 2 bridgehead atoms. The molecule has 44 valence electrons. The molecule has 0 aromatic carbocycles. The molecule has 2 atom stereocenters. The lowest BCUT2D eigenvalue weighted by atomic mass is 10.2. The summed E-state index contributed by atoms with van der Waals surface area (Å²) in [5, 5.41) is 3.50. The summed E-state index contributed by atoms with van der Waals surface area (Å²) in [4.78, 5) is 0. The van der Waals surface area contributed by atoms with Crippen molar-refractivity contribution in [2.45, 2.75) is 31.3 Å². The molecule has 0 aromatic rings. The molecule has 0 saturated carbocycles. The zero-order valence-electron chi connectivity index (χ0n) is 4.93. The van der Waals surface area contributed by atoms with Crippen molar-refractivity contribution in [3.63, 3.8) is 0 Å².